The van der Waals surface area contributed by atoms with Crippen molar-refractivity contribution in [1.82, 2.24) is 9.88 Å². The van der Waals surface area contributed by atoms with E-state index in [4.69, 9.17) is 9.26 Å². The van der Waals surface area contributed by atoms with Crippen LogP contribution in [0, 0.1) is 0 Å². The molecule has 0 aliphatic rings. The molecule has 2 N–H and O–H groups in total. The summed E-state index contributed by atoms with van der Waals surface area (Å²) >= 11 is 0. The van der Waals surface area contributed by atoms with Gasteiger partial charge in [0, 0.05) is 5.56 Å². The molecular formula is C14H16N2O6S. The van der Waals surface area contributed by atoms with E-state index in [-0.39, 0.29) is 17.0 Å². The van der Waals surface area contributed by atoms with Crippen LogP contribution >= 0.6 is 0 Å². The van der Waals surface area contributed by atoms with Gasteiger partial charge < -0.3 is 14.4 Å². The number of hydrogen-bond acceptors (Lipinski definition) is 6. The topological polar surface area (TPSA) is 119 Å². The van der Waals surface area contributed by atoms with Gasteiger partial charge in [0.1, 0.15) is 17.0 Å². The normalized spacial score (nSPS) is 12.8. The summed E-state index contributed by atoms with van der Waals surface area (Å²) in [5, 5.41) is 13.2. The van der Waals surface area contributed by atoms with Crippen LogP contribution in [0.15, 0.2) is 28.8 Å². The van der Waals surface area contributed by atoms with E-state index in [0.717, 1.165) is 6.26 Å². The van der Waals surface area contributed by atoms with Crippen molar-refractivity contribution < 1.29 is 27.6 Å². The lowest BCUT2D eigenvalue weighted by Gasteiger charge is -2.09. The lowest BCUT2D eigenvalue weighted by atomic mass is 10.0. The molecule has 8 nitrogen and oxygen atoms in total. The predicted molar refractivity (Wildman–Crippen MR) is 81.8 cm³/mol. The zero-order chi connectivity index (χ0) is 17.2. The monoisotopic (exact) mass is 340 g/mol. The third-order valence-electron chi connectivity index (χ3n) is 3.08. The van der Waals surface area contributed by atoms with Gasteiger partial charge in [-0.05, 0) is 31.2 Å². The van der Waals surface area contributed by atoms with E-state index < -0.39 is 22.0 Å². The van der Waals surface area contributed by atoms with Crippen LogP contribution in [0.5, 0.6) is 5.75 Å². The number of carboxylic acids is 1. The quantitative estimate of drug-likeness (QED) is 0.820. The highest BCUT2D eigenvalue weighted by molar-refractivity contribution is 7.88. The number of sulfonamides is 1. The van der Waals surface area contributed by atoms with Gasteiger partial charge in [0.15, 0.2) is 5.76 Å². The van der Waals surface area contributed by atoms with E-state index in [2.05, 4.69) is 9.88 Å². The zero-order valence-corrected chi connectivity index (χ0v) is 13.5. The van der Waals surface area contributed by atoms with Crippen LogP contribution in [0.3, 0.4) is 0 Å². The summed E-state index contributed by atoms with van der Waals surface area (Å²) in [4.78, 5) is 11.6. The fourth-order valence-corrected chi connectivity index (χ4v) is 2.87. The molecule has 0 saturated carbocycles. The molecule has 0 spiro atoms. The van der Waals surface area contributed by atoms with Crippen molar-refractivity contribution in [2.75, 3.05) is 13.4 Å². The molecule has 2 aromatic rings. The Morgan fingerprint density at radius 3 is 2.43 bits per heavy atom. The molecule has 124 valence electrons. The highest BCUT2D eigenvalue weighted by atomic mass is 32.2. The van der Waals surface area contributed by atoms with Crippen LogP contribution in [0.25, 0.3) is 11.3 Å². The van der Waals surface area contributed by atoms with Crippen molar-refractivity contribution in [2.24, 2.45) is 0 Å². The fourth-order valence-electron chi connectivity index (χ4n) is 2.13. The van der Waals surface area contributed by atoms with Gasteiger partial charge in [-0.15, -0.1) is 0 Å². The maximum absolute atomic E-state index is 11.6. The third kappa shape index (κ3) is 3.88. The van der Waals surface area contributed by atoms with Gasteiger partial charge in [-0.1, -0.05) is 5.16 Å². The SMILES string of the molecule is COc1ccc(-c2noc(C(C)NS(C)(=O)=O)c2C(=O)O)cc1. The molecule has 0 saturated heterocycles. The fraction of sp³-hybridized carbons (Fsp3) is 0.286. The first-order chi connectivity index (χ1) is 10.7. The maximum Gasteiger partial charge on any atom is 0.341 e. The van der Waals surface area contributed by atoms with E-state index in [1.165, 1.54) is 14.0 Å². The van der Waals surface area contributed by atoms with Crippen LogP contribution in [0.2, 0.25) is 0 Å². The Balaban J connectivity index is 2.47. The van der Waals surface area contributed by atoms with Crippen molar-refractivity contribution in [2.45, 2.75) is 13.0 Å². The summed E-state index contributed by atoms with van der Waals surface area (Å²) in [5.74, 6) is -0.704. The Morgan fingerprint density at radius 1 is 1.35 bits per heavy atom. The zero-order valence-electron chi connectivity index (χ0n) is 12.7. The maximum atomic E-state index is 11.6. The molecule has 0 radical (unpaired) electrons. The second-order valence-corrected chi connectivity index (χ2v) is 6.70. The van der Waals surface area contributed by atoms with E-state index in [1.807, 2.05) is 0 Å². The average molecular weight is 340 g/mol. The number of carbonyl (C=O) groups is 1. The Morgan fingerprint density at radius 2 is 1.96 bits per heavy atom. The molecule has 0 bridgehead atoms. The van der Waals surface area contributed by atoms with Crippen LogP contribution < -0.4 is 9.46 Å². The van der Waals surface area contributed by atoms with E-state index in [1.54, 1.807) is 24.3 Å². The molecule has 9 heteroatoms. The van der Waals surface area contributed by atoms with Gasteiger partial charge in [-0.3, -0.25) is 0 Å². The van der Waals surface area contributed by atoms with Crippen molar-refractivity contribution >= 4 is 16.0 Å². The second-order valence-electron chi connectivity index (χ2n) is 4.92. The molecule has 1 aromatic heterocycles. The smallest absolute Gasteiger partial charge is 0.341 e. The number of ether oxygens (including phenoxy) is 1. The number of hydrogen-bond donors (Lipinski definition) is 2. The Hall–Kier alpha value is -2.39. The summed E-state index contributed by atoms with van der Waals surface area (Å²) < 4.78 is 35.0. The number of rotatable bonds is 6. The van der Waals surface area contributed by atoms with Crippen molar-refractivity contribution in [3.8, 4) is 17.0 Å². The molecule has 0 fully saturated rings. The average Bonchev–Trinajstić information content (AvgIpc) is 2.90. The first-order valence-corrected chi connectivity index (χ1v) is 8.46. The molecule has 0 aliphatic heterocycles. The Bertz CT molecular complexity index is 810. The van der Waals surface area contributed by atoms with Crippen LogP contribution in [0.1, 0.15) is 29.1 Å². The number of aromatic carboxylic acids is 1. The van der Waals surface area contributed by atoms with Crippen molar-refractivity contribution in [3.05, 3.63) is 35.6 Å². The largest absolute Gasteiger partial charge is 0.497 e. The number of nitrogens with zero attached hydrogens (tertiary/aromatic N) is 1. The molecule has 2 rings (SSSR count). The van der Waals surface area contributed by atoms with Crippen LogP contribution in [0.4, 0.5) is 0 Å². The standard InChI is InChI=1S/C14H16N2O6S/c1-8(16-23(3,19)20)13-11(14(17)18)12(15-22-13)9-4-6-10(21-2)7-5-9/h4-8,16H,1-3H3,(H,17,18). The second kappa shape index (κ2) is 6.39. The predicted octanol–water partition coefficient (Wildman–Crippen LogP) is 1.66. The summed E-state index contributed by atoms with van der Waals surface area (Å²) in [6.07, 6.45) is 0.977. The highest BCUT2D eigenvalue weighted by Crippen LogP contribution is 2.30. The molecule has 23 heavy (non-hydrogen) atoms. The first-order valence-electron chi connectivity index (χ1n) is 6.57. The Kier molecular flexibility index (Phi) is 4.71. The summed E-state index contributed by atoms with van der Waals surface area (Å²) in [6.45, 7) is 1.48. The lowest BCUT2D eigenvalue weighted by Crippen LogP contribution is -2.26. The third-order valence-corrected chi connectivity index (χ3v) is 3.86. The minimum atomic E-state index is -3.53. The van der Waals surface area contributed by atoms with Crippen LogP contribution in [-0.2, 0) is 10.0 Å². The Labute approximate surface area is 133 Å². The van der Waals surface area contributed by atoms with Gasteiger partial charge in [0.05, 0.1) is 19.4 Å². The summed E-state index contributed by atoms with van der Waals surface area (Å²) in [5.41, 5.74) is 0.459. The molecular weight excluding hydrogens is 324 g/mol. The summed E-state index contributed by atoms with van der Waals surface area (Å²) in [6, 6.07) is 5.74. The van der Waals surface area contributed by atoms with Gasteiger partial charge in [0.25, 0.3) is 0 Å². The number of carboxylic acid groups (broad SMARTS) is 1. The van der Waals surface area contributed by atoms with Gasteiger partial charge in [0.2, 0.25) is 10.0 Å². The lowest BCUT2D eigenvalue weighted by molar-refractivity contribution is 0.0694. The van der Waals surface area contributed by atoms with E-state index in [9.17, 15) is 18.3 Å². The van der Waals surface area contributed by atoms with Crippen molar-refractivity contribution in [3.63, 3.8) is 0 Å². The number of aromatic nitrogens is 1. The number of benzene rings is 1. The minimum absolute atomic E-state index is 0.0613. The van der Waals surface area contributed by atoms with E-state index >= 15 is 0 Å². The van der Waals surface area contributed by atoms with Crippen LogP contribution in [-0.4, -0.2) is 38.0 Å². The number of methoxy groups -OCH3 is 1. The molecule has 1 aromatic carbocycles. The highest BCUT2D eigenvalue weighted by Gasteiger charge is 2.28. The molecule has 0 amide bonds. The van der Waals surface area contributed by atoms with E-state index in [0.29, 0.717) is 11.3 Å². The minimum Gasteiger partial charge on any atom is -0.497 e. The molecule has 1 atom stereocenters. The molecule has 1 heterocycles. The van der Waals surface area contributed by atoms with Gasteiger partial charge >= 0.3 is 5.97 Å². The van der Waals surface area contributed by atoms with Gasteiger partial charge in [-0.25, -0.2) is 17.9 Å². The first kappa shape index (κ1) is 17.0. The molecule has 1 unspecified atom stereocenters. The van der Waals surface area contributed by atoms with Gasteiger partial charge in [-0.2, -0.15) is 0 Å². The number of nitrogens with one attached hydrogen (secondary N) is 1. The summed E-state index contributed by atoms with van der Waals surface area (Å²) in [7, 11) is -2.01. The molecule has 0 aliphatic carbocycles. The van der Waals surface area contributed by atoms with Crippen molar-refractivity contribution in [1.29, 1.82) is 0 Å².